The molecule has 6 heteroatoms. The Hall–Kier alpha value is -4.06. The topological polar surface area (TPSA) is 73.6 Å². The Morgan fingerprint density at radius 2 is 1.76 bits per heavy atom. The van der Waals surface area contributed by atoms with Crippen molar-refractivity contribution in [1.29, 1.82) is 0 Å². The molecule has 192 valence electrons. The summed E-state index contributed by atoms with van der Waals surface area (Å²) in [6.07, 6.45) is 3.82. The minimum atomic E-state index is -0.847. The van der Waals surface area contributed by atoms with Gasteiger partial charge in [0, 0.05) is 30.4 Å². The molecule has 0 bridgehead atoms. The highest BCUT2D eigenvalue weighted by atomic mass is 16.5. The van der Waals surface area contributed by atoms with Crippen LogP contribution < -0.4 is 9.47 Å². The van der Waals surface area contributed by atoms with Gasteiger partial charge in [0.1, 0.15) is 18.1 Å². The number of aliphatic carboxylic acids is 1. The first-order chi connectivity index (χ1) is 17.9. The molecule has 0 amide bonds. The van der Waals surface area contributed by atoms with Crippen molar-refractivity contribution >= 4 is 5.97 Å². The Morgan fingerprint density at radius 1 is 1.00 bits per heavy atom. The van der Waals surface area contributed by atoms with E-state index in [1.807, 2.05) is 37.4 Å². The first kappa shape index (κ1) is 26.0. The van der Waals surface area contributed by atoms with Crippen LogP contribution in [0.3, 0.4) is 0 Å². The summed E-state index contributed by atoms with van der Waals surface area (Å²) in [6.45, 7) is 5.41. The molecular weight excluding hydrogens is 464 g/mol. The summed E-state index contributed by atoms with van der Waals surface area (Å²) in [4.78, 5) is 11.5. The Bertz CT molecular complexity index is 1310. The number of rotatable bonds is 12. The van der Waals surface area contributed by atoms with E-state index in [1.165, 1.54) is 5.56 Å². The van der Waals surface area contributed by atoms with Crippen LogP contribution in [-0.2, 0) is 18.4 Å². The van der Waals surface area contributed by atoms with Crippen LogP contribution in [0.2, 0.25) is 0 Å². The summed E-state index contributed by atoms with van der Waals surface area (Å²) >= 11 is 0. The van der Waals surface area contributed by atoms with Crippen molar-refractivity contribution in [3.05, 3.63) is 101 Å². The molecule has 0 aliphatic carbocycles. The SMILES string of the molecule is CCCCOc1ccc(C)cc1-c1ccc(COc2ccc(C(CC(=O)O)c3ccnn3C)cc2)cc1. The lowest BCUT2D eigenvalue weighted by atomic mass is 9.92. The first-order valence-corrected chi connectivity index (χ1v) is 12.7. The maximum atomic E-state index is 11.5. The molecule has 0 aliphatic heterocycles. The molecule has 1 atom stereocenters. The molecule has 0 aliphatic rings. The van der Waals surface area contributed by atoms with E-state index in [4.69, 9.17) is 9.47 Å². The second-order valence-corrected chi connectivity index (χ2v) is 9.29. The van der Waals surface area contributed by atoms with E-state index in [0.29, 0.717) is 6.61 Å². The molecule has 6 nitrogen and oxygen atoms in total. The van der Waals surface area contributed by atoms with Gasteiger partial charge in [0.15, 0.2) is 0 Å². The Kier molecular flexibility index (Phi) is 8.62. The molecule has 1 N–H and O–H groups in total. The van der Waals surface area contributed by atoms with Crippen molar-refractivity contribution in [2.45, 2.75) is 45.6 Å². The Balaban J connectivity index is 1.42. The van der Waals surface area contributed by atoms with Crippen LogP contribution in [0.1, 0.15) is 54.5 Å². The molecule has 1 heterocycles. The zero-order valence-corrected chi connectivity index (χ0v) is 21.7. The maximum absolute atomic E-state index is 11.5. The number of aromatic nitrogens is 2. The van der Waals surface area contributed by atoms with E-state index in [-0.39, 0.29) is 12.3 Å². The molecule has 3 aromatic carbocycles. The number of unbranched alkanes of at least 4 members (excludes halogenated alkanes) is 1. The Morgan fingerprint density at radius 3 is 2.41 bits per heavy atom. The average Bonchev–Trinajstić information content (AvgIpc) is 3.33. The average molecular weight is 499 g/mol. The van der Waals surface area contributed by atoms with Crippen molar-refractivity contribution in [3.8, 4) is 22.6 Å². The first-order valence-electron chi connectivity index (χ1n) is 12.7. The predicted octanol–water partition coefficient (Wildman–Crippen LogP) is 6.76. The van der Waals surface area contributed by atoms with Gasteiger partial charge in [-0.25, -0.2) is 0 Å². The second-order valence-electron chi connectivity index (χ2n) is 9.29. The van der Waals surface area contributed by atoms with Crippen molar-refractivity contribution < 1.29 is 19.4 Å². The van der Waals surface area contributed by atoms with Crippen LogP contribution in [0.5, 0.6) is 11.5 Å². The molecule has 4 rings (SSSR count). The van der Waals surface area contributed by atoms with E-state index in [9.17, 15) is 9.90 Å². The molecule has 4 aromatic rings. The fourth-order valence-electron chi connectivity index (χ4n) is 4.36. The van der Waals surface area contributed by atoms with Gasteiger partial charge in [-0.1, -0.05) is 61.4 Å². The maximum Gasteiger partial charge on any atom is 0.304 e. The largest absolute Gasteiger partial charge is 0.493 e. The standard InChI is InChI=1S/C31H34N2O4/c1-4-5-18-36-30-15-6-22(2)19-28(30)25-9-7-23(8-10-25)21-37-26-13-11-24(12-14-26)27(20-31(34)35)29-16-17-32-33(29)3/h6-17,19,27H,4-5,18,20-21H2,1-3H3,(H,34,35). The quantitative estimate of drug-likeness (QED) is 0.219. The predicted molar refractivity (Wildman–Crippen MR) is 145 cm³/mol. The van der Waals surface area contributed by atoms with E-state index in [0.717, 1.165) is 58.9 Å². The molecule has 0 fully saturated rings. The molecule has 0 radical (unpaired) electrons. The molecule has 37 heavy (non-hydrogen) atoms. The summed E-state index contributed by atoms with van der Waals surface area (Å²) in [5.41, 5.74) is 6.25. The van der Waals surface area contributed by atoms with Gasteiger partial charge in [-0.3, -0.25) is 9.48 Å². The van der Waals surface area contributed by atoms with Gasteiger partial charge in [0.2, 0.25) is 0 Å². The minimum Gasteiger partial charge on any atom is -0.493 e. The van der Waals surface area contributed by atoms with Crippen LogP contribution in [0, 0.1) is 6.92 Å². The highest BCUT2D eigenvalue weighted by molar-refractivity contribution is 5.71. The van der Waals surface area contributed by atoms with Gasteiger partial charge >= 0.3 is 5.97 Å². The van der Waals surface area contributed by atoms with Crippen LogP contribution >= 0.6 is 0 Å². The number of carboxylic acid groups (broad SMARTS) is 1. The third-order valence-electron chi connectivity index (χ3n) is 6.44. The normalized spacial score (nSPS) is 11.8. The van der Waals surface area contributed by atoms with E-state index >= 15 is 0 Å². The zero-order chi connectivity index (χ0) is 26.2. The fraction of sp³-hybridized carbons (Fsp3) is 0.290. The summed E-state index contributed by atoms with van der Waals surface area (Å²) < 4.78 is 13.8. The molecule has 0 spiro atoms. The third kappa shape index (κ3) is 6.79. The summed E-state index contributed by atoms with van der Waals surface area (Å²) in [7, 11) is 1.83. The monoisotopic (exact) mass is 498 g/mol. The van der Waals surface area contributed by atoms with Crippen LogP contribution in [0.25, 0.3) is 11.1 Å². The number of carboxylic acids is 1. The number of hydrogen-bond donors (Lipinski definition) is 1. The van der Waals surface area contributed by atoms with Crippen LogP contribution in [0.15, 0.2) is 79.0 Å². The smallest absolute Gasteiger partial charge is 0.304 e. The van der Waals surface area contributed by atoms with Crippen molar-refractivity contribution in [1.82, 2.24) is 9.78 Å². The van der Waals surface area contributed by atoms with Crippen molar-refractivity contribution in [2.75, 3.05) is 6.61 Å². The van der Waals surface area contributed by atoms with E-state index < -0.39 is 5.97 Å². The van der Waals surface area contributed by atoms with Gasteiger partial charge in [-0.2, -0.15) is 5.10 Å². The Labute approximate surface area is 218 Å². The van der Waals surface area contributed by atoms with Gasteiger partial charge < -0.3 is 14.6 Å². The number of aryl methyl sites for hydroxylation is 2. The second kappa shape index (κ2) is 12.3. The fourth-order valence-corrected chi connectivity index (χ4v) is 4.36. The van der Waals surface area contributed by atoms with E-state index in [1.54, 1.807) is 10.9 Å². The minimum absolute atomic E-state index is 0.00160. The van der Waals surface area contributed by atoms with Gasteiger partial charge in [0.25, 0.3) is 0 Å². The molecular formula is C31H34N2O4. The lowest BCUT2D eigenvalue weighted by molar-refractivity contribution is -0.137. The number of ether oxygens (including phenoxy) is 2. The molecule has 1 unspecified atom stereocenters. The summed E-state index contributed by atoms with van der Waals surface area (Å²) in [5.74, 6) is 0.525. The number of nitrogens with zero attached hydrogens (tertiary/aromatic N) is 2. The van der Waals surface area contributed by atoms with Crippen LogP contribution in [-0.4, -0.2) is 27.5 Å². The lowest BCUT2D eigenvalue weighted by Gasteiger charge is -2.16. The molecule has 0 saturated carbocycles. The number of carbonyl (C=O) groups is 1. The van der Waals surface area contributed by atoms with Gasteiger partial charge in [-0.05, 0) is 60.4 Å². The zero-order valence-electron chi connectivity index (χ0n) is 21.7. The van der Waals surface area contributed by atoms with Crippen molar-refractivity contribution in [2.24, 2.45) is 7.05 Å². The number of hydrogen-bond acceptors (Lipinski definition) is 4. The summed E-state index contributed by atoms with van der Waals surface area (Å²) in [6, 6.07) is 24.2. The molecule has 1 aromatic heterocycles. The van der Waals surface area contributed by atoms with Gasteiger partial charge in [0.05, 0.1) is 13.0 Å². The highest BCUT2D eigenvalue weighted by Crippen LogP contribution is 2.32. The van der Waals surface area contributed by atoms with Crippen LogP contribution in [0.4, 0.5) is 0 Å². The van der Waals surface area contributed by atoms with E-state index in [2.05, 4.69) is 61.4 Å². The van der Waals surface area contributed by atoms with Gasteiger partial charge in [-0.15, -0.1) is 0 Å². The van der Waals surface area contributed by atoms with Crippen molar-refractivity contribution in [3.63, 3.8) is 0 Å². The summed E-state index contributed by atoms with van der Waals surface area (Å²) in [5, 5.41) is 13.6. The highest BCUT2D eigenvalue weighted by Gasteiger charge is 2.21. The lowest BCUT2D eigenvalue weighted by Crippen LogP contribution is -2.12. The number of benzene rings is 3. The third-order valence-corrected chi connectivity index (χ3v) is 6.44. The molecule has 0 saturated heterocycles.